The molecule has 0 spiro atoms. The van der Waals surface area contributed by atoms with Gasteiger partial charge in [-0.2, -0.15) is 0 Å². The number of carbonyl (C=O) groups is 2. The largest absolute Gasteiger partial charge is 0.463 e. The van der Waals surface area contributed by atoms with Gasteiger partial charge in [-0.3, -0.25) is 9.59 Å². The zero-order valence-electron chi connectivity index (χ0n) is 12.7. The van der Waals surface area contributed by atoms with Gasteiger partial charge < -0.3 is 9.64 Å². The molecule has 1 aromatic rings. The molecule has 0 aliphatic carbocycles. The molecule has 0 amide bonds. The summed E-state index contributed by atoms with van der Waals surface area (Å²) in [6.45, 7) is 9.05. The van der Waals surface area contributed by atoms with Crippen molar-refractivity contribution in [3.63, 3.8) is 0 Å². The van der Waals surface area contributed by atoms with E-state index < -0.39 is 0 Å². The predicted octanol–water partition coefficient (Wildman–Crippen LogP) is 2.98. The first kappa shape index (κ1) is 16.2. The molecule has 0 aliphatic heterocycles. The van der Waals surface area contributed by atoms with Gasteiger partial charge in [-0.25, -0.2) is 0 Å². The average molecular weight is 277 g/mol. The van der Waals surface area contributed by atoms with Crippen molar-refractivity contribution in [2.75, 3.05) is 18.0 Å². The molecule has 4 nitrogen and oxygen atoms in total. The molecule has 0 bridgehead atoms. The van der Waals surface area contributed by atoms with Crippen molar-refractivity contribution in [2.24, 2.45) is 0 Å². The number of aldehydes is 1. The van der Waals surface area contributed by atoms with E-state index in [0.29, 0.717) is 18.5 Å². The van der Waals surface area contributed by atoms with Crippen LogP contribution in [0.2, 0.25) is 0 Å². The molecular formula is C16H23NO3. The summed E-state index contributed by atoms with van der Waals surface area (Å²) in [5.74, 6) is -0.181. The summed E-state index contributed by atoms with van der Waals surface area (Å²) >= 11 is 0. The highest BCUT2D eigenvalue weighted by Crippen LogP contribution is 2.18. The van der Waals surface area contributed by atoms with E-state index in [9.17, 15) is 9.59 Å². The topological polar surface area (TPSA) is 46.6 Å². The minimum atomic E-state index is -0.181. The summed E-state index contributed by atoms with van der Waals surface area (Å²) in [6, 6.07) is 5.70. The van der Waals surface area contributed by atoms with Gasteiger partial charge in [0.25, 0.3) is 0 Å². The lowest BCUT2D eigenvalue weighted by Crippen LogP contribution is -2.27. The normalized spacial score (nSPS) is 10.4. The van der Waals surface area contributed by atoms with E-state index in [1.165, 1.54) is 0 Å². The SMILES string of the molecule is CCN(CCC(=O)OC(C)C)c1ccc(C=O)c(C)c1. The zero-order valence-corrected chi connectivity index (χ0v) is 12.7. The van der Waals surface area contributed by atoms with Crippen LogP contribution >= 0.6 is 0 Å². The van der Waals surface area contributed by atoms with Crippen LogP contribution in [0.25, 0.3) is 0 Å². The van der Waals surface area contributed by atoms with Crippen molar-refractivity contribution in [1.29, 1.82) is 0 Å². The molecule has 1 rings (SSSR count). The maximum atomic E-state index is 11.6. The first-order chi connectivity index (χ1) is 9.47. The van der Waals surface area contributed by atoms with Gasteiger partial charge in [0.2, 0.25) is 0 Å². The number of aryl methyl sites for hydroxylation is 1. The lowest BCUT2D eigenvalue weighted by Gasteiger charge is -2.23. The summed E-state index contributed by atoms with van der Waals surface area (Å²) in [5, 5.41) is 0. The Morgan fingerprint density at radius 3 is 2.60 bits per heavy atom. The molecule has 0 radical (unpaired) electrons. The fraction of sp³-hybridized carbons (Fsp3) is 0.500. The number of hydrogen-bond acceptors (Lipinski definition) is 4. The average Bonchev–Trinajstić information content (AvgIpc) is 2.38. The van der Waals surface area contributed by atoms with Crippen molar-refractivity contribution in [1.82, 2.24) is 0 Å². The van der Waals surface area contributed by atoms with E-state index in [2.05, 4.69) is 4.90 Å². The van der Waals surface area contributed by atoms with Gasteiger partial charge in [-0.05, 0) is 51.5 Å². The van der Waals surface area contributed by atoms with E-state index in [-0.39, 0.29) is 12.1 Å². The first-order valence-electron chi connectivity index (χ1n) is 6.98. The molecule has 0 fully saturated rings. The number of carbonyl (C=O) groups excluding carboxylic acids is 2. The number of esters is 1. The Balaban J connectivity index is 2.69. The molecule has 1 aromatic carbocycles. The quantitative estimate of drug-likeness (QED) is 0.568. The molecule has 0 heterocycles. The third-order valence-corrected chi connectivity index (χ3v) is 3.08. The summed E-state index contributed by atoms with van der Waals surface area (Å²) in [5.41, 5.74) is 2.66. The molecule has 0 saturated carbocycles. The van der Waals surface area contributed by atoms with Crippen molar-refractivity contribution in [3.8, 4) is 0 Å². The van der Waals surface area contributed by atoms with Crippen LogP contribution in [0.5, 0.6) is 0 Å². The predicted molar refractivity (Wildman–Crippen MR) is 80.3 cm³/mol. The molecule has 110 valence electrons. The number of nitrogens with zero attached hydrogens (tertiary/aromatic N) is 1. The van der Waals surface area contributed by atoms with E-state index in [0.717, 1.165) is 24.1 Å². The maximum absolute atomic E-state index is 11.6. The fourth-order valence-electron chi connectivity index (χ4n) is 2.01. The molecular weight excluding hydrogens is 254 g/mol. The molecule has 0 saturated heterocycles. The van der Waals surface area contributed by atoms with Crippen LogP contribution in [0, 0.1) is 6.92 Å². The van der Waals surface area contributed by atoms with Gasteiger partial charge in [0.15, 0.2) is 0 Å². The Morgan fingerprint density at radius 2 is 2.10 bits per heavy atom. The van der Waals surface area contributed by atoms with E-state index >= 15 is 0 Å². The van der Waals surface area contributed by atoms with Crippen LogP contribution in [0.1, 0.15) is 43.1 Å². The minimum absolute atomic E-state index is 0.0771. The van der Waals surface area contributed by atoms with Gasteiger partial charge in [-0.15, -0.1) is 0 Å². The number of benzene rings is 1. The van der Waals surface area contributed by atoms with Gasteiger partial charge in [0.1, 0.15) is 6.29 Å². The zero-order chi connectivity index (χ0) is 15.1. The van der Waals surface area contributed by atoms with Crippen LogP contribution < -0.4 is 4.90 Å². The first-order valence-corrected chi connectivity index (χ1v) is 6.98. The molecule has 0 aliphatic rings. The maximum Gasteiger partial charge on any atom is 0.307 e. The van der Waals surface area contributed by atoms with E-state index in [1.807, 2.05) is 45.9 Å². The van der Waals surface area contributed by atoms with Crippen LogP contribution in [-0.4, -0.2) is 31.4 Å². The smallest absolute Gasteiger partial charge is 0.307 e. The molecule has 20 heavy (non-hydrogen) atoms. The number of hydrogen-bond donors (Lipinski definition) is 0. The fourth-order valence-corrected chi connectivity index (χ4v) is 2.01. The molecule has 4 heteroatoms. The van der Waals surface area contributed by atoms with Crippen molar-refractivity contribution in [3.05, 3.63) is 29.3 Å². The van der Waals surface area contributed by atoms with Gasteiger partial charge in [0, 0.05) is 24.3 Å². The Labute approximate surface area is 120 Å². The van der Waals surface area contributed by atoms with E-state index in [4.69, 9.17) is 4.74 Å². The number of anilines is 1. The third kappa shape index (κ3) is 4.68. The van der Waals surface area contributed by atoms with Crippen LogP contribution in [0.15, 0.2) is 18.2 Å². The van der Waals surface area contributed by atoms with Gasteiger partial charge >= 0.3 is 5.97 Å². The summed E-state index contributed by atoms with van der Waals surface area (Å²) in [4.78, 5) is 24.5. The van der Waals surface area contributed by atoms with Crippen molar-refractivity contribution < 1.29 is 14.3 Å². The minimum Gasteiger partial charge on any atom is -0.463 e. The summed E-state index contributed by atoms with van der Waals surface area (Å²) in [6.07, 6.45) is 1.14. The van der Waals surface area contributed by atoms with Crippen molar-refractivity contribution >= 4 is 17.9 Å². The highest BCUT2D eigenvalue weighted by Gasteiger charge is 2.11. The summed E-state index contributed by atoms with van der Waals surface area (Å²) in [7, 11) is 0. The highest BCUT2D eigenvalue weighted by atomic mass is 16.5. The second-order valence-corrected chi connectivity index (χ2v) is 5.03. The monoisotopic (exact) mass is 277 g/mol. The molecule has 0 aromatic heterocycles. The van der Waals surface area contributed by atoms with Gasteiger partial charge in [-0.1, -0.05) is 0 Å². The van der Waals surface area contributed by atoms with E-state index in [1.54, 1.807) is 0 Å². The Morgan fingerprint density at radius 1 is 1.40 bits per heavy atom. The third-order valence-electron chi connectivity index (χ3n) is 3.08. The molecule has 0 unspecified atom stereocenters. The lowest BCUT2D eigenvalue weighted by atomic mass is 10.1. The highest BCUT2D eigenvalue weighted by molar-refractivity contribution is 5.78. The van der Waals surface area contributed by atoms with Crippen LogP contribution in [0.4, 0.5) is 5.69 Å². The summed E-state index contributed by atoms with van der Waals surface area (Å²) < 4.78 is 5.13. The molecule has 0 atom stereocenters. The standard InChI is InChI=1S/C16H23NO3/c1-5-17(9-8-16(19)20-12(2)3)15-7-6-14(11-18)13(4)10-15/h6-7,10-12H,5,8-9H2,1-4H3. The number of ether oxygens (including phenoxy) is 1. The van der Waals surface area contributed by atoms with Crippen LogP contribution in [0.3, 0.4) is 0 Å². The van der Waals surface area contributed by atoms with Crippen molar-refractivity contribution in [2.45, 2.75) is 40.2 Å². The van der Waals surface area contributed by atoms with Crippen LogP contribution in [-0.2, 0) is 9.53 Å². The second kappa shape index (κ2) is 7.68. The second-order valence-electron chi connectivity index (χ2n) is 5.03. The Hall–Kier alpha value is -1.84. The molecule has 0 N–H and O–H groups in total. The number of rotatable bonds is 7. The van der Waals surface area contributed by atoms with Gasteiger partial charge in [0.05, 0.1) is 12.5 Å². The Bertz CT molecular complexity index is 469. The lowest BCUT2D eigenvalue weighted by molar-refractivity contribution is -0.147. The Kier molecular flexibility index (Phi) is 6.22.